The van der Waals surface area contributed by atoms with Crippen molar-refractivity contribution in [3.8, 4) is 0 Å². The summed E-state index contributed by atoms with van der Waals surface area (Å²) in [6.07, 6.45) is 6.32. The van der Waals surface area contributed by atoms with E-state index in [0.717, 1.165) is 29.0 Å². The minimum atomic E-state index is -0.263. The summed E-state index contributed by atoms with van der Waals surface area (Å²) in [6, 6.07) is 8.29. The van der Waals surface area contributed by atoms with Crippen LogP contribution in [0.25, 0.3) is 5.65 Å². The number of nitrogens with one attached hydrogen (secondary N) is 1. The van der Waals surface area contributed by atoms with Crippen molar-refractivity contribution in [2.24, 2.45) is 0 Å². The number of nitrogens with zero attached hydrogens (tertiary/aromatic N) is 4. The predicted molar refractivity (Wildman–Crippen MR) is 109 cm³/mol. The first-order chi connectivity index (χ1) is 14.1. The van der Waals surface area contributed by atoms with E-state index in [2.05, 4.69) is 15.4 Å². The molecule has 29 heavy (non-hydrogen) atoms. The third kappa shape index (κ3) is 3.51. The highest BCUT2D eigenvalue weighted by Crippen LogP contribution is 2.44. The predicted octanol–water partition coefficient (Wildman–Crippen LogP) is 4.35. The molecule has 1 aromatic carbocycles. The van der Waals surface area contributed by atoms with E-state index in [1.54, 1.807) is 42.0 Å². The van der Waals surface area contributed by atoms with E-state index in [4.69, 9.17) is 4.98 Å². The van der Waals surface area contributed by atoms with Crippen molar-refractivity contribution < 1.29 is 9.18 Å². The normalized spacial score (nSPS) is 13.7. The summed E-state index contributed by atoms with van der Waals surface area (Å²) in [4.78, 5) is 23.0. The molecule has 0 radical (unpaired) electrons. The number of carbonyl (C=O) groups is 1. The maximum atomic E-state index is 13.2. The highest BCUT2D eigenvalue weighted by molar-refractivity contribution is 7.16. The summed E-state index contributed by atoms with van der Waals surface area (Å²) in [6.45, 7) is 1.79. The highest BCUT2D eigenvalue weighted by Gasteiger charge is 2.30. The van der Waals surface area contributed by atoms with Crippen molar-refractivity contribution in [2.75, 3.05) is 5.32 Å². The lowest BCUT2D eigenvalue weighted by Gasteiger charge is -2.01. The molecule has 6 nitrogen and oxygen atoms in total. The Balaban J connectivity index is 1.43. The van der Waals surface area contributed by atoms with Gasteiger partial charge in [0, 0.05) is 29.6 Å². The van der Waals surface area contributed by atoms with Crippen LogP contribution in [0.15, 0.2) is 42.7 Å². The van der Waals surface area contributed by atoms with Gasteiger partial charge < -0.3 is 0 Å². The second kappa shape index (κ2) is 7.04. The average molecular weight is 407 g/mol. The average Bonchev–Trinajstić information content (AvgIpc) is 3.38. The number of rotatable bonds is 5. The fourth-order valence-electron chi connectivity index (χ4n) is 3.43. The van der Waals surface area contributed by atoms with Crippen molar-refractivity contribution >= 4 is 28.0 Å². The number of amides is 1. The molecular weight excluding hydrogens is 389 g/mol. The van der Waals surface area contributed by atoms with E-state index >= 15 is 0 Å². The van der Waals surface area contributed by atoms with Crippen LogP contribution in [0.3, 0.4) is 0 Å². The van der Waals surface area contributed by atoms with E-state index in [-0.39, 0.29) is 11.7 Å². The molecule has 1 aliphatic carbocycles. The van der Waals surface area contributed by atoms with Gasteiger partial charge in [0.15, 0.2) is 10.8 Å². The first kappa shape index (κ1) is 17.9. The Morgan fingerprint density at radius 1 is 1.31 bits per heavy atom. The molecule has 1 fully saturated rings. The van der Waals surface area contributed by atoms with Crippen LogP contribution in [0.5, 0.6) is 0 Å². The van der Waals surface area contributed by atoms with E-state index in [1.807, 2.05) is 0 Å². The lowest BCUT2D eigenvalue weighted by molar-refractivity contribution is 0.102. The van der Waals surface area contributed by atoms with Crippen LogP contribution in [-0.2, 0) is 6.42 Å². The molecule has 0 saturated heterocycles. The summed E-state index contributed by atoms with van der Waals surface area (Å²) >= 11 is 1.48. The standard InChI is InChI=1S/C21H18FN5OS/c1-12-17(19-23-9-2-10-27(19)26-12)20(28)25-21-24-18(14-5-6-14)16(29-21)11-13-3-7-15(22)8-4-13/h2-4,7-10,14H,5-6,11H2,1H3,(H,24,25,28). The minimum Gasteiger partial charge on any atom is -0.298 e. The lowest BCUT2D eigenvalue weighted by atomic mass is 10.1. The van der Waals surface area contributed by atoms with Crippen LogP contribution >= 0.6 is 11.3 Å². The Kier molecular flexibility index (Phi) is 4.35. The topological polar surface area (TPSA) is 72.2 Å². The smallest absolute Gasteiger partial charge is 0.263 e. The zero-order valence-corrected chi connectivity index (χ0v) is 16.5. The largest absolute Gasteiger partial charge is 0.298 e. The van der Waals surface area contributed by atoms with Gasteiger partial charge in [-0.15, -0.1) is 11.3 Å². The molecule has 0 bridgehead atoms. The number of aryl methyl sites for hydroxylation is 1. The SMILES string of the molecule is Cc1nn2cccnc2c1C(=O)Nc1nc(C2CC2)c(Cc2ccc(F)cc2)s1. The van der Waals surface area contributed by atoms with Gasteiger partial charge in [-0.1, -0.05) is 12.1 Å². The van der Waals surface area contributed by atoms with Crippen molar-refractivity contribution in [1.29, 1.82) is 0 Å². The summed E-state index contributed by atoms with van der Waals surface area (Å²) in [5, 5.41) is 7.85. The Labute approximate surface area is 170 Å². The molecule has 0 spiro atoms. The third-order valence-electron chi connectivity index (χ3n) is 4.99. The van der Waals surface area contributed by atoms with E-state index in [0.29, 0.717) is 34.4 Å². The first-order valence-corrected chi connectivity index (χ1v) is 10.3. The van der Waals surface area contributed by atoms with Crippen LogP contribution in [0.2, 0.25) is 0 Å². The summed E-state index contributed by atoms with van der Waals surface area (Å²) < 4.78 is 14.8. The van der Waals surface area contributed by atoms with E-state index in [1.165, 1.54) is 23.5 Å². The second-order valence-corrected chi connectivity index (χ2v) is 8.29. The monoisotopic (exact) mass is 407 g/mol. The number of halogens is 1. The molecule has 3 aromatic heterocycles. The number of aromatic nitrogens is 4. The molecule has 8 heteroatoms. The van der Waals surface area contributed by atoms with E-state index < -0.39 is 0 Å². The summed E-state index contributed by atoms with van der Waals surface area (Å²) in [5.41, 5.74) is 3.66. The Bertz CT molecular complexity index is 1210. The van der Waals surface area contributed by atoms with Crippen molar-refractivity contribution in [3.63, 3.8) is 0 Å². The molecule has 1 N–H and O–H groups in total. The van der Waals surface area contributed by atoms with Crippen LogP contribution in [0, 0.1) is 12.7 Å². The van der Waals surface area contributed by atoms with Gasteiger partial charge >= 0.3 is 0 Å². The molecule has 0 aliphatic heterocycles. The molecule has 146 valence electrons. The van der Waals surface area contributed by atoms with Crippen LogP contribution in [0.1, 0.15) is 50.9 Å². The number of fused-ring (bicyclic) bond motifs is 1. The van der Waals surface area contributed by atoms with E-state index in [9.17, 15) is 9.18 Å². The number of anilines is 1. The second-order valence-electron chi connectivity index (χ2n) is 7.21. The Morgan fingerprint density at radius 2 is 2.10 bits per heavy atom. The fourth-order valence-corrected chi connectivity index (χ4v) is 4.51. The summed E-state index contributed by atoms with van der Waals surface area (Å²) in [7, 11) is 0. The highest BCUT2D eigenvalue weighted by atomic mass is 32.1. The molecule has 1 amide bonds. The van der Waals surface area contributed by atoms with Gasteiger partial charge in [-0.3, -0.25) is 10.1 Å². The van der Waals surface area contributed by atoms with Crippen molar-refractivity contribution in [1.82, 2.24) is 19.6 Å². The van der Waals surface area contributed by atoms with Gasteiger partial charge in [0.05, 0.1) is 11.4 Å². The van der Waals surface area contributed by atoms with Crippen molar-refractivity contribution in [2.45, 2.75) is 32.1 Å². The minimum absolute atomic E-state index is 0.245. The zero-order valence-electron chi connectivity index (χ0n) is 15.7. The van der Waals surface area contributed by atoms with Crippen LogP contribution in [0.4, 0.5) is 9.52 Å². The zero-order chi connectivity index (χ0) is 20.0. The third-order valence-corrected chi connectivity index (χ3v) is 5.97. The van der Waals surface area contributed by atoms with Gasteiger partial charge in [-0.05, 0) is 43.5 Å². The summed E-state index contributed by atoms with van der Waals surface area (Å²) in [5.74, 6) is -0.0563. The number of thiazole rings is 1. The molecule has 3 heterocycles. The van der Waals surface area contributed by atoms with Gasteiger partial charge in [0.2, 0.25) is 0 Å². The molecule has 1 saturated carbocycles. The first-order valence-electron chi connectivity index (χ1n) is 9.44. The molecule has 4 aromatic rings. The Morgan fingerprint density at radius 3 is 2.86 bits per heavy atom. The number of hydrogen-bond donors (Lipinski definition) is 1. The number of carbonyl (C=O) groups excluding carboxylic acids is 1. The fraction of sp³-hybridized carbons (Fsp3) is 0.238. The quantitative estimate of drug-likeness (QED) is 0.534. The lowest BCUT2D eigenvalue weighted by Crippen LogP contribution is -2.13. The maximum Gasteiger partial charge on any atom is 0.263 e. The van der Waals surface area contributed by atoms with Gasteiger partial charge in [0.1, 0.15) is 11.4 Å². The number of hydrogen-bond acceptors (Lipinski definition) is 5. The van der Waals surface area contributed by atoms with Gasteiger partial charge in [-0.25, -0.2) is 18.9 Å². The van der Waals surface area contributed by atoms with Gasteiger partial charge in [-0.2, -0.15) is 5.10 Å². The van der Waals surface area contributed by atoms with Crippen LogP contribution in [-0.4, -0.2) is 25.5 Å². The number of benzene rings is 1. The van der Waals surface area contributed by atoms with Crippen LogP contribution < -0.4 is 5.32 Å². The molecule has 1 aliphatic rings. The Hall–Kier alpha value is -3.13. The maximum absolute atomic E-state index is 13.2. The molecule has 0 unspecified atom stereocenters. The van der Waals surface area contributed by atoms with Crippen molar-refractivity contribution in [3.05, 3.63) is 75.9 Å². The molecular formula is C21H18FN5OS. The molecule has 5 rings (SSSR count). The van der Waals surface area contributed by atoms with Gasteiger partial charge in [0.25, 0.3) is 5.91 Å². The molecule has 0 atom stereocenters.